The molecule has 13 heavy (non-hydrogen) atoms. The van der Waals surface area contributed by atoms with Gasteiger partial charge < -0.3 is 0 Å². The largest absolute Gasteiger partial charge is 0.126 e. The third kappa shape index (κ3) is 3.88. The summed E-state index contributed by atoms with van der Waals surface area (Å²) in [5.41, 5.74) is 1.22. The van der Waals surface area contributed by atoms with E-state index in [4.69, 9.17) is 11.6 Å². The van der Waals surface area contributed by atoms with Crippen molar-refractivity contribution in [2.24, 2.45) is 0 Å². The van der Waals surface area contributed by atoms with Gasteiger partial charge in [-0.1, -0.05) is 37.2 Å². The zero-order valence-electron chi connectivity index (χ0n) is 7.72. The molecule has 1 aromatic rings. The van der Waals surface area contributed by atoms with Gasteiger partial charge in [-0.05, 0) is 23.4 Å². The molecule has 0 saturated heterocycles. The summed E-state index contributed by atoms with van der Waals surface area (Å²) in [6.45, 7) is 5.82. The minimum atomic E-state index is 0.691. The fraction of sp³-hybridized carbons (Fsp3) is 0.273. The maximum Gasteiger partial charge on any atom is 0.0153 e. The Kier molecular flexibility index (Phi) is 4.40. The Bertz CT molecular complexity index is 277. The van der Waals surface area contributed by atoms with Crippen molar-refractivity contribution >= 4 is 23.4 Å². The van der Waals surface area contributed by atoms with E-state index in [0.717, 1.165) is 12.2 Å². The normalized spacial score (nSPS) is 10.0. The standard InChI is InChI=1S/C11H13ClS/c1-3-13-11-6-4-10(5-7-11)8-9(2)12/h4-7H,2-3,8H2,1H3. The van der Waals surface area contributed by atoms with E-state index in [9.17, 15) is 0 Å². The first-order valence-corrected chi connectivity index (χ1v) is 5.63. The Labute approximate surface area is 89.0 Å². The molecule has 0 N–H and O–H groups in total. The molecule has 0 bridgehead atoms. The smallest absolute Gasteiger partial charge is 0.0153 e. The fourth-order valence-corrected chi connectivity index (χ4v) is 1.91. The highest BCUT2D eigenvalue weighted by Gasteiger charge is 1.95. The van der Waals surface area contributed by atoms with Crippen LogP contribution in [0.1, 0.15) is 12.5 Å². The van der Waals surface area contributed by atoms with Crippen LogP contribution in [0, 0.1) is 0 Å². The second kappa shape index (κ2) is 5.36. The SMILES string of the molecule is C=C(Cl)Cc1ccc(SCC)cc1. The van der Waals surface area contributed by atoms with E-state index in [2.05, 4.69) is 37.8 Å². The molecule has 0 aromatic heterocycles. The van der Waals surface area contributed by atoms with Crippen molar-refractivity contribution < 1.29 is 0 Å². The van der Waals surface area contributed by atoms with Crippen LogP contribution >= 0.6 is 23.4 Å². The number of thioether (sulfide) groups is 1. The number of hydrogen-bond donors (Lipinski definition) is 0. The summed E-state index contributed by atoms with van der Waals surface area (Å²) < 4.78 is 0. The number of hydrogen-bond acceptors (Lipinski definition) is 1. The lowest BCUT2D eigenvalue weighted by atomic mass is 10.1. The molecule has 0 radical (unpaired) electrons. The second-order valence-electron chi connectivity index (χ2n) is 2.77. The van der Waals surface area contributed by atoms with Crippen LogP contribution in [-0.2, 0) is 6.42 Å². The average Bonchev–Trinajstić information content (AvgIpc) is 2.08. The predicted molar refractivity (Wildman–Crippen MR) is 61.5 cm³/mol. The van der Waals surface area contributed by atoms with Gasteiger partial charge in [0.1, 0.15) is 0 Å². The summed E-state index contributed by atoms with van der Waals surface area (Å²) in [7, 11) is 0. The summed E-state index contributed by atoms with van der Waals surface area (Å²) in [6, 6.07) is 8.46. The topological polar surface area (TPSA) is 0 Å². The van der Waals surface area contributed by atoms with Gasteiger partial charge in [-0.3, -0.25) is 0 Å². The van der Waals surface area contributed by atoms with Crippen molar-refractivity contribution in [2.75, 3.05) is 5.75 Å². The number of benzene rings is 1. The molecule has 2 heteroatoms. The minimum absolute atomic E-state index is 0.691. The quantitative estimate of drug-likeness (QED) is 0.678. The maximum atomic E-state index is 5.71. The Hall–Kier alpha value is -0.400. The Morgan fingerprint density at radius 1 is 1.38 bits per heavy atom. The lowest BCUT2D eigenvalue weighted by molar-refractivity contribution is 1.23. The molecule has 0 aliphatic rings. The van der Waals surface area contributed by atoms with Gasteiger partial charge >= 0.3 is 0 Å². The summed E-state index contributed by atoms with van der Waals surface area (Å²) in [4.78, 5) is 1.31. The van der Waals surface area contributed by atoms with Crippen LogP contribution < -0.4 is 0 Å². The molecular formula is C11H13ClS. The van der Waals surface area contributed by atoms with Crippen LogP contribution in [-0.4, -0.2) is 5.75 Å². The Morgan fingerprint density at radius 2 is 2.00 bits per heavy atom. The van der Waals surface area contributed by atoms with Crippen LogP contribution in [0.3, 0.4) is 0 Å². The molecule has 0 saturated carbocycles. The van der Waals surface area contributed by atoms with E-state index in [1.165, 1.54) is 10.5 Å². The summed E-state index contributed by atoms with van der Waals surface area (Å²) >= 11 is 7.56. The second-order valence-corrected chi connectivity index (χ2v) is 4.64. The first kappa shape index (κ1) is 10.7. The van der Waals surface area contributed by atoms with Crippen molar-refractivity contribution in [1.29, 1.82) is 0 Å². The van der Waals surface area contributed by atoms with Crippen LogP contribution in [0.5, 0.6) is 0 Å². The Morgan fingerprint density at radius 3 is 2.46 bits per heavy atom. The van der Waals surface area contributed by atoms with Crippen LogP contribution in [0.2, 0.25) is 0 Å². The summed E-state index contributed by atoms with van der Waals surface area (Å²) in [5.74, 6) is 1.11. The van der Waals surface area contributed by atoms with E-state index in [1.807, 2.05) is 11.8 Å². The molecule has 0 nitrogen and oxygen atoms in total. The molecule has 0 fully saturated rings. The van der Waals surface area contributed by atoms with Gasteiger partial charge in [-0.15, -0.1) is 11.8 Å². The van der Waals surface area contributed by atoms with Crippen molar-refractivity contribution in [3.63, 3.8) is 0 Å². The van der Waals surface area contributed by atoms with Crippen molar-refractivity contribution in [3.05, 3.63) is 41.4 Å². The van der Waals surface area contributed by atoms with E-state index < -0.39 is 0 Å². The van der Waals surface area contributed by atoms with E-state index in [1.54, 1.807) is 0 Å². The molecule has 70 valence electrons. The molecule has 0 atom stereocenters. The van der Waals surface area contributed by atoms with Gasteiger partial charge in [0.05, 0.1) is 0 Å². The highest BCUT2D eigenvalue weighted by molar-refractivity contribution is 7.99. The third-order valence-corrected chi connectivity index (χ3v) is 2.66. The summed E-state index contributed by atoms with van der Waals surface area (Å²) in [5, 5.41) is 0.691. The molecule has 0 unspecified atom stereocenters. The van der Waals surface area contributed by atoms with Crippen molar-refractivity contribution in [3.8, 4) is 0 Å². The lowest BCUT2D eigenvalue weighted by Crippen LogP contribution is -1.83. The molecule has 0 amide bonds. The van der Waals surface area contributed by atoms with Gasteiger partial charge in [-0.25, -0.2) is 0 Å². The number of allylic oxidation sites excluding steroid dienone is 1. The number of rotatable bonds is 4. The van der Waals surface area contributed by atoms with Gasteiger partial charge in [0.15, 0.2) is 0 Å². The van der Waals surface area contributed by atoms with Gasteiger partial charge in [0.2, 0.25) is 0 Å². The first-order chi connectivity index (χ1) is 6.22. The molecule has 0 aliphatic carbocycles. The van der Waals surface area contributed by atoms with Gasteiger partial charge in [-0.2, -0.15) is 0 Å². The highest BCUT2D eigenvalue weighted by Crippen LogP contribution is 2.19. The van der Waals surface area contributed by atoms with Gasteiger partial charge in [0, 0.05) is 16.3 Å². The Balaban J connectivity index is 2.64. The van der Waals surface area contributed by atoms with E-state index >= 15 is 0 Å². The van der Waals surface area contributed by atoms with Crippen LogP contribution in [0.15, 0.2) is 40.8 Å². The highest BCUT2D eigenvalue weighted by atomic mass is 35.5. The summed E-state index contributed by atoms with van der Waals surface area (Å²) in [6.07, 6.45) is 0.763. The van der Waals surface area contributed by atoms with E-state index in [0.29, 0.717) is 5.03 Å². The molecule has 0 aliphatic heterocycles. The maximum absolute atomic E-state index is 5.71. The van der Waals surface area contributed by atoms with Crippen LogP contribution in [0.4, 0.5) is 0 Å². The molecule has 1 aromatic carbocycles. The predicted octanol–water partition coefficient (Wildman–Crippen LogP) is 4.09. The van der Waals surface area contributed by atoms with E-state index in [-0.39, 0.29) is 0 Å². The zero-order valence-corrected chi connectivity index (χ0v) is 9.29. The molecule has 0 spiro atoms. The average molecular weight is 213 g/mol. The van der Waals surface area contributed by atoms with Crippen molar-refractivity contribution in [2.45, 2.75) is 18.2 Å². The fourth-order valence-electron chi connectivity index (χ4n) is 1.09. The monoisotopic (exact) mass is 212 g/mol. The number of halogens is 1. The molecular weight excluding hydrogens is 200 g/mol. The molecule has 0 heterocycles. The molecule has 1 rings (SSSR count). The zero-order chi connectivity index (χ0) is 9.68. The van der Waals surface area contributed by atoms with Crippen LogP contribution in [0.25, 0.3) is 0 Å². The van der Waals surface area contributed by atoms with Crippen molar-refractivity contribution in [1.82, 2.24) is 0 Å². The lowest BCUT2D eigenvalue weighted by Gasteiger charge is -2.01. The van der Waals surface area contributed by atoms with Gasteiger partial charge in [0.25, 0.3) is 0 Å². The third-order valence-electron chi connectivity index (χ3n) is 1.63. The first-order valence-electron chi connectivity index (χ1n) is 4.27. The minimum Gasteiger partial charge on any atom is -0.126 e.